The second kappa shape index (κ2) is 8.25. The lowest BCUT2D eigenvalue weighted by atomic mass is 9.99. The number of aryl methyl sites for hydroxylation is 1. The third-order valence-corrected chi connectivity index (χ3v) is 3.63. The van der Waals surface area contributed by atoms with Gasteiger partial charge >= 0.3 is 5.97 Å². The van der Waals surface area contributed by atoms with Crippen molar-refractivity contribution in [2.75, 3.05) is 6.61 Å². The molecule has 110 valence electrons. The van der Waals surface area contributed by atoms with Crippen molar-refractivity contribution in [3.05, 3.63) is 60.7 Å². The van der Waals surface area contributed by atoms with Gasteiger partial charge in [0.2, 0.25) is 0 Å². The summed E-state index contributed by atoms with van der Waals surface area (Å²) >= 11 is 0. The van der Waals surface area contributed by atoms with Crippen LogP contribution in [0.4, 0.5) is 0 Å². The van der Waals surface area contributed by atoms with Gasteiger partial charge in [-0.25, -0.2) is 4.79 Å². The number of carbonyl (C=O) groups excluding carboxylic acids is 1. The minimum absolute atomic E-state index is 0.328. The molecule has 0 radical (unpaired) electrons. The Kier molecular flexibility index (Phi) is 6.01. The van der Waals surface area contributed by atoms with Crippen LogP contribution in [0.5, 0.6) is 0 Å². The topological polar surface area (TPSA) is 26.3 Å². The molecule has 0 aromatic heterocycles. The third-order valence-electron chi connectivity index (χ3n) is 3.63. The van der Waals surface area contributed by atoms with E-state index >= 15 is 0 Å². The number of hydrogen-bond acceptors (Lipinski definition) is 2. The van der Waals surface area contributed by atoms with Crippen LogP contribution in [-0.2, 0) is 16.0 Å². The van der Waals surface area contributed by atoms with Gasteiger partial charge in [0.05, 0.1) is 6.61 Å². The van der Waals surface area contributed by atoms with Crippen LogP contribution in [0.15, 0.2) is 55.1 Å². The molecule has 2 aromatic rings. The Morgan fingerprint density at radius 1 is 1.00 bits per heavy atom. The average molecular weight is 282 g/mol. The zero-order valence-electron chi connectivity index (χ0n) is 12.4. The van der Waals surface area contributed by atoms with Crippen LogP contribution in [0.1, 0.15) is 31.2 Å². The van der Waals surface area contributed by atoms with Crippen LogP contribution in [0, 0.1) is 0 Å². The summed E-state index contributed by atoms with van der Waals surface area (Å²) in [6.07, 6.45) is 6.66. The number of unbranched alkanes of at least 4 members (excludes halogenated alkanes) is 3. The predicted molar refractivity (Wildman–Crippen MR) is 87.3 cm³/mol. The smallest absolute Gasteiger partial charge is 0.330 e. The number of hydrogen-bond donors (Lipinski definition) is 0. The minimum atomic E-state index is -0.328. The maximum Gasteiger partial charge on any atom is 0.330 e. The fourth-order valence-corrected chi connectivity index (χ4v) is 2.51. The quantitative estimate of drug-likeness (QED) is 0.399. The van der Waals surface area contributed by atoms with Crippen molar-refractivity contribution in [2.45, 2.75) is 32.1 Å². The molecule has 2 nitrogen and oxygen atoms in total. The van der Waals surface area contributed by atoms with E-state index in [1.807, 2.05) is 0 Å². The first-order valence-electron chi connectivity index (χ1n) is 7.57. The Morgan fingerprint density at radius 2 is 1.76 bits per heavy atom. The molecule has 0 heterocycles. The molecular formula is C19H22O2. The van der Waals surface area contributed by atoms with Gasteiger partial charge in [-0.1, -0.05) is 61.9 Å². The highest BCUT2D eigenvalue weighted by Crippen LogP contribution is 2.20. The van der Waals surface area contributed by atoms with E-state index in [1.165, 1.54) is 28.8 Å². The van der Waals surface area contributed by atoms with E-state index in [9.17, 15) is 4.79 Å². The van der Waals surface area contributed by atoms with Crippen LogP contribution >= 0.6 is 0 Å². The highest BCUT2D eigenvalue weighted by atomic mass is 16.5. The van der Waals surface area contributed by atoms with Gasteiger partial charge in [0.15, 0.2) is 0 Å². The van der Waals surface area contributed by atoms with Crippen molar-refractivity contribution in [2.24, 2.45) is 0 Å². The van der Waals surface area contributed by atoms with Crippen LogP contribution in [-0.4, -0.2) is 12.6 Å². The summed E-state index contributed by atoms with van der Waals surface area (Å²) in [5.41, 5.74) is 1.42. The van der Waals surface area contributed by atoms with Gasteiger partial charge in [-0.05, 0) is 35.6 Å². The van der Waals surface area contributed by atoms with E-state index in [0.717, 1.165) is 25.7 Å². The first-order chi connectivity index (χ1) is 10.3. The van der Waals surface area contributed by atoms with E-state index < -0.39 is 0 Å². The number of fused-ring (bicyclic) bond motifs is 1. The van der Waals surface area contributed by atoms with Crippen LogP contribution < -0.4 is 0 Å². The van der Waals surface area contributed by atoms with Crippen molar-refractivity contribution >= 4 is 16.7 Å². The molecule has 0 aliphatic carbocycles. The van der Waals surface area contributed by atoms with Gasteiger partial charge in [-0.3, -0.25) is 0 Å². The van der Waals surface area contributed by atoms with Crippen molar-refractivity contribution in [1.29, 1.82) is 0 Å². The normalized spacial score (nSPS) is 10.5. The van der Waals surface area contributed by atoms with Gasteiger partial charge in [-0.15, -0.1) is 0 Å². The highest BCUT2D eigenvalue weighted by Gasteiger charge is 2.00. The lowest BCUT2D eigenvalue weighted by Gasteiger charge is -2.06. The number of ether oxygens (including phenoxy) is 1. The zero-order valence-corrected chi connectivity index (χ0v) is 12.4. The second-order valence-electron chi connectivity index (χ2n) is 5.17. The molecule has 2 aromatic carbocycles. The summed E-state index contributed by atoms with van der Waals surface area (Å²) in [5.74, 6) is -0.328. The number of rotatable bonds is 8. The van der Waals surface area contributed by atoms with E-state index in [-0.39, 0.29) is 5.97 Å². The lowest BCUT2D eigenvalue weighted by molar-refractivity contribution is -0.137. The maximum absolute atomic E-state index is 10.9. The molecule has 0 spiro atoms. The molecule has 21 heavy (non-hydrogen) atoms. The molecule has 0 aliphatic heterocycles. The average Bonchev–Trinajstić information content (AvgIpc) is 2.53. The maximum atomic E-state index is 10.9. The van der Waals surface area contributed by atoms with E-state index in [4.69, 9.17) is 4.74 Å². The van der Waals surface area contributed by atoms with Gasteiger partial charge < -0.3 is 4.74 Å². The molecule has 0 saturated carbocycles. The Hall–Kier alpha value is -2.09. The summed E-state index contributed by atoms with van der Waals surface area (Å²) in [6, 6.07) is 15.0. The molecule has 0 aliphatic rings. The monoisotopic (exact) mass is 282 g/mol. The van der Waals surface area contributed by atoms with E-state index in [2.05, 4.69) is 49.0 Å². The van der Waals surface area contributed by atoms with Crippen molar-refractivity contribution in [3.8, 4) is 0 Å². The van der Waals surface area contributed by atoms with Crippen LogP contribution in [0.3, 0.4) is 0 Å². The van der Waals surface area contributed by atoms with Crippen molar-refractivity contribution in [3.63, 3.8) is 0 Å². The zero-order chi connectivity index (χ0) is 14.9. The number of benzene rings is 2. The Balaban J connectivity index is 1.71. The van der Waals surface area contributed by atoms with Crippen LogP contribution in [0.2, 0.25) is 0 Å². The van der Waals surface area contributed by atoms with E-state index in [1.54, 1.807) is 0 Å². The van der Waals surface area contributed by atoms with Crippen LogP contribution in [0.25, 0.3) is 10.8 Å². The van der Waals surface area contributed by atoms with Gasteiger partial charge in [0.25, 0.3) is 0 Å². The number of carbonyl (C=O) groups is 1. The summed E-state index contributed by atoms with van der Waals surface area (Å²) in [6.45, 7) is 3.87. The van der Waals surface area contributed by atoms with E-state index in [0.29, 0.717) is 6.61 Å². The molecule has 0 atom stereocenters. The first kappa shape index (κ1) is 15.3. The summed E-state index contributed by atoms with van der Waals surface area (Å²) < 4.78 is 4.96. The molecular weight excluding hydrogens is 260 g/mol. The van der Waals surface area contributed by atoms with Gasteiger partial charge in [0, 0.05) is 6.08 Å². The van der Waals surface area contributed by atoms with Crippen molar-refractivity contribution in [1.82, 2.24) is 0 Å². The highest BCUT2D eigenvalue weighted by molar-refractivity contribution is 5.85. The second-order valence-corrected chi connectivity index (χ2v) is 5.17. The summed E-state index contributed by atoms with van der Waals surface area (Å²) in [4.78, 5) is 10.9. The Bertz CT molecular complexity index is 596. The Labute approximate surface area is 126 Å². The molecule has 2 rings (SSSR count). The van der Waals surface area contributed by atoms with Gasteiger partial charge in [-0.2, -0.15) is 0 Å². The first-order valence-corrected chi connectivity index (χ1v) is 7.57. The third kappa shape index (κ3) is 4.75. The molecule has 0 N–H and O–H groups in total. The molecule has 0 amide bonds. The lowest BCUT2D eigenvalue weighted by Crippen LogP contribution is -2.01. The standard InChI is InChI=1S/C19H22O2/c1-2-19(20)21-15-8-4-3-5-10-16-12-9-13-17-11-6-7-14-18(16)17/h2,6-7,9,11-14H,1,3-5,8,10,15H2. The fourth-order valence-electron chi connectivity index (χ4n) is 2.51. The molecule has 0 unspecified atom stereocenters. The minimum Gasteiger partial charge on any atom is -0.463 e. The molecule has 0 saturated heterocycles. The fraction of sp³-hybridized carbons (Fsp3) is 0.316. The number of esters is 1. The summed E-state index contributed by atoms with van der Waals surface area (Å²) in [5, 5.41) is 2.67. The molecule has 0 fully saturated rings. The Morgan fingerprint density at radius 3 is 2.62 bits per heavy atom. The summed E-state index contributed by atoms with van der Waals surface area (Å²) in [7, 11) is 0. The molecule has 2 heteroatoms. The van der Waals surface area contributed by atoms with Crippen molar-refractivity contribution < 1.29 is 9.53 Å². The predicted octanol–water partition coefficient (Wildman–Crippen LogP) is 4.67. The SMILES string of the molecule is C=CC(=O)OCCCCCCc1cccc2ccccc12. The largest absolute Gasteiger partial charge is 0.463 e. The molecule has 0 bridgehead atoms. The van der Waals surface area contributed by atoms with Gasteiger partial charge in [0.1, 0.15) is 0 Å².